The van der Waals surface area contributed by atoms with Crippen molar-refractivity contribution in [1.82, 2.24) is 0 Å². The molecule has 0 aliphatic rings. The van der Waals surface area contributed by atoms with Crippen molar-refractivity contribution in [3.05, 3.63) is 12.2 Å². The Labute approximate surface area is 55.9 Å². The second-order valence-corrected chi connectivity index (χ2v) is 2.19. The number of hydrogen-bond donors (Lipinski definition) is 3. The lowest BCUT2D eigenvalue weighted by Crippen LogP contribution is -2.56. The summed E-state index contributed by atoms with van der Waals surface area (Å²) in [6.45, 7) is 2.08. The third-order valence-corrected chi connectivity index (χ3v) is 0.862. The van der Waals surface area contributed by atoms with E-state index in [2.05, 4.69) is 6.92 Å². The van der Waals surface area contributed by atoms with Gasteiger partial charge < -0.3 is 0 Å². The van der Waals surface area contributed by atoms with Crippen molar-refractivity contribution in [3.63, 3.8) is 0 Å². The molecule has 0 aromatic heterocycles. The first kappa shape index (κ1) is 8.62. The molecule has 0 rings (SSSR count). The lowest BCUT2D eigenvalue weighted by Gasteiger charge is -2.11. The minimum absolute atomic E-state index is 0.980. The molecule has 0 heterocycles. The molecule has 0 radical (unpaired) electrons. The van der Waals surface area contributed by atoms with Crippen LogP contribution in [0.1, 0.15) is 19.8 Å². The van der Waals surface area contributed by atoms with Gasteiger partial charge in [-0.05, 0) is 12.5 Å². The average molecular weight is 129 g/mol. The summed E-state index contributed by atoms with van der Waals surface area (Å²) >= 11 is 0. The van der Waals surface area contributed by atoms with Crippen LogP contribution in [-0.4, -0.2) is 5.79 Å². The molecule has 0 aromatic carbocycles. The SMILES string of the molecule is CCC/C=C/C(N)(N)N. The van der Waals surface area contributed by atoms with Gasteiger partial charge >= 0.3 is 0 Å². The molecule has 0 fully saturated rings. The summed E-state index contributed by atoms with van der Waals surface area (Å²) < 4.78 is 0. The highest BCUT2D eigenvalue weighted by molar-refractivity contribution is 4.96. The van der Waals surface area contributed by atoms with Crippen LogP contribution in [0.2, 0.25) is 0 Å². The maximum Gasteiger partial charge on any atom is 0.135 e. The predicted molar refractivity (Wildman–Crippen MR) is 39.3 cm³/mol. The van der Waals surface area contributed by atoms with Gasteiger partial charge in [0.2, 0.25) is 0 Å². The molecule has 0 unspecified atom stereocenters. The van der Waals surface area contributed by atoms with Gasteiger partial charge in [-0.15, -0.1) is 0 Å². The fourth-order valence-corrected chi connectivity index (χ4v) is 0.454. The van der Waals surface area contributed by atoms with Crippen LogP contribution in [0.25, 0.3) is 0 Å². The van der Waals surface area contributed by atoms with E-state index < -0.39 is 5.79 Å². The van der Waals surface area contributed by atoms with Crippen LogP contribution in [0, 0.1) is 0 Å². The van der Waals surface area contributed by atoms with E-state index in [1.165, 1.54) is 0 Å². The maximum atomic E-state index is 5.24. The number of rotatable bonds is 3. The Balaban J connectivity index is 3.45. The third-order valence-electron chi connectivity index (χ3n) is 0.862. The van der Waals surface area contributed by atoms with E-state index in [1.807, 2.05) is 6.08 Å². The fraction of sp³-hybridized carbons (Fsp3) is 0.667. The number of unbranched alkanes of at least 4 members (excludes halogenated alkanes) is 1. The van der Waals surface area contributed by atoms with Gasteiger partial charge in [0.05, 0.1) is 0 Å². The van der Waals surface area contributed by atoms with Gasteiger partial charge in [0.1, 0.15) is 5.79 Å². The molecule has 54 valence electrons. The van der Waals surface area contributed by atoms with Gasteiger partial charge in [-0.3, -0.25) is 17.2 Å². The largest absolute Gasteiger partial charge is 0.298 e. The van der Waals surface area contributed by atoms with Crippen molar-refractivity contribution in [2.75, 3.05) is 0 Å². The smallest absolute Gasteiger partial charge is 0.135 e. The van der Waals surface area contributed by atoms with Gasteiger partial charge in [-0.2, -0.15) is 0 Å². The zero-order valence-electron chi connectivity index (χ0n) is 5.80. The molecule has 0 saturated heterocycles. The molecule has 0 aromatic rings. The standard InChI is InChI=1S/C6H15N3/c1-2-3-4-5-6(7,8)9/h4-5H,2-3,7-9H2,1H3/b5-4+. The first-order chi connectivity index (χ1) is 4.06. The summed E-state index contributed by atoms with van der Waals surface area (Å²) in [6, 6.07) is 0. The van der Waals surface area contributed by atoms with Crippen LogP contribution < -0.4 is 17.2 Å². The van der Waals surface area contributed by atoms with Crippen LogP contribution in [0.5, 0.6) is 0 Å². The van der Waals surface area contributed by atoms with Crippen molar-refractivity contribution in [2.24, 2.45) is 17.2 Å². The molecule has 0 amide bonds. The number of allylic oxidation sites excluding steroid dienone is 1. The van der Waals surface area contributed by atoms with Crippen LogP contribution in [0.15, 0.2) is 12.2 Å². The van der Waals surface area contributed by atoms with Crippen molar-refractivity contribution < 1.29 is 0 Å². The molecule has 3 nitrogen and oxygen atoms in total. The Hall–Kier alpha value is -0.380. The Kier molecular flexibility index (Phi) is 3.46. The highest BCUT2D eigenvalue weighted by atomic mass is 15.1. The predicted octanol–water partition coefficient (Wildman–Crippen LogP) is -0.127. The molecule has 9 heavy (non-hydrogen) atoms. The van der Waals surface area contributed by atoms with Crippen LogP contribution in [0.4, 0.5) is 0 Å². The van der Waals surface area contributed by atoms with E-state index in [-0.39, 0.29) is 0 Å². The van der Waals surface area contributed by atoms with Gasteiger partial charge in [-0.1, -0.05) is 19.4 Å². The molecular formula is C6H15N3. The molecule has 0 spiro atoms. The van der Waals surface area contributed by atoms with E-state index in [1.54, 1.807) is 6.08 Å². The topological polar surface area (TPSA) is 78.1 Å². The molecule has 0 aliphatic heterocycles. The minimum Gasteiger partial charge on any atom is -0.298 e. The molecule has 3 heteroatoms. The number of hydrogen-bond acceptors (Lipinski definition) is 3. The lowest BCUT2D eigenvalue weighted by atomic mass is 10.2. The summed E-state index contributed by atoms with van der Waals surface area (Å²) in [5.74, 6) is -1.13. The molecule has 0 saturated carbocycles. The second kappa shape index (κ2) is 3.61. The van der Waals surface area contributed by atoms with Crippen molar-refractivity contribution in [3.8, 4) is 0 Å². The minimum atomic E-state index is -1.13. The van der Waals surface area contributed by atoms with E-state index >= 15 is 0 Å². The van der Waals surface area contributed by atoms with Crippen LogP contribution in [0.3, 0.4) is 0 Å². The third kappa shape index (κ3) is 7.62. The molecular weight excluding hydrogens is 114 g/mol. The average Bonchev–Trinajstić information content (AvgIpc) is 1.63. The molecule has 0 atom stereocenters. The van der Waals surface area contributed by atoms with E-state index in [4.69, 9.17) is 17.2 Å². The zero-order valence-corrected chi connectivity index (χ0v) is 5.80. The number of nitrogens with two attached hydrogens (primary N) is 3. The fourth-order valence-electron chi connectivity index (χ4n) is 0.454. The highest BCUT2D eigenvalue weighted by Crippen LogP contribution is 1.90. The normalized spacial score (nSPS) is 12.9. The van der Waals surface area contributed by atoms with Gasteiger partial charge in [0, 0.05) is 0 Å². The first-order valence-corrected chi connectivity index (χ1v) is 3.10. The summed E-state index contributed by atoms with van der Waals surface area (Å²) in [7, 11) is 0. The Morgan fingerprint density at radius 3 is 2.22 bits per heavy atom. The monoisotopic (exact) mass is 129 g/mol. The molecule has 6 N–H and O–H groups in total. The van der Waals surface area contributed by atoms with Crippen molar-refractivity contribution >= 4 is 0 Å². The second-order valence-electron chi connectivity index (χ2n) is 2.19. The summed E-state index contributed by atoms with van der Waals surface area (Å²) in [4.78, 5) is 0. The lowest BCUT2D eigenvalue weighted by molar-refractivity contribution is 0.580. The van der Waals surface area contributed by atoms with Gasteiger partial charge in [0.25, 0.3) is 0 Å². The quantitative estimate of drug-likeness (QED) is 0.367. The van der Waals surface area contributed by atoms with Crippen LogP contribution in [-0.2, 0) is 0 Å². The van der Waals surface area contributed by atoms with Gasteiger partial charge in [0.15, 0.2) is 0 Å². The summed E-state index contributed by atoms with van der Waals surface area (Å²) in [6.07, 6.45) is 5.57. The summed E-state index contributed by atoms with van der Waals surface area (Å²) in [5.41, 5.74) is 15.7. The first-order valence-electron chi connectivity index (χ1n) is 3.10. The van der Waals surface area contributed by atoms with Gasteiger partial charge in [-0.25, -0.2) is 0 Å². The summed E-state index contributed by atoms with van der Waals surface area (Å²) in [5, 5.41) is 0. The van der Waals surface area contributed by atoms with Crippen molar-refractivity contribution in [1.29, 1.82) is 0 Å². The zero-order chi connectivity index (χ0) is 7.33. The highest BCUT2D eigenvalue weighted by Gasteiger charge is 2.02. The maximum absolute atomic E-state index is 5.24. The Morgan fingerprint density at radius 2 is 1.89 bits per heavy atom. The van der Waals surface area contributed by atoms with E-state index in [0.717, 1.165) is 12.8 Å². The van der Waals surface area contributed by atoms with Crippen LogP contribution >= 0.6 is 0 Å². The van der Waals surface area contributed by atoms with E-state index in [0.29, 0.717) is 0 Å². The Morgan fingerprint density at radius 1 is 1.33 bits per heavy atom. The Bertz CT molecular complexity index is 91.0. The van der Waals surface area contributed by atoms with E-state index in [9.17, 15) is 0 Å². The van der Waals surface area contributed by atoms with Crippen molar-refractivity contribution in [2.45, 2.75) is 25.6 Å². The molecule has 0 bridgehead atoms. The molecule has 0 aliphatic carbocycles.